The monoisotopic (exact) mass is 434 g/mol. The van der Waals surface area contributed by atoms with E-state index in [4.69, 9.17) is 11.1 Å². The Bertz CT molecular complexity index is 1270. The molecule has 0 saturated carbocycles. The molecule has 4 heterocycles. The number of nitrogens with zero attached hydrogens (tertiary/aromatic N) is 4. The number of nitrogens with two attached hydrogens (primary N) is 1. The molecule has 1 aliphatic heterocycles. The maximum atomic E-state index is 12.3. The first-order valence-electron chi connectivity index (χ1n) is 10.3. The molecule has 3 aromatic rings. The van der Waals surface area contributed by atoms with Crippen molar-refractivity contribution in [3.8, 4) is 11.3 Å². The predicted molar refractivity (Wildman–Crippen MR) is 122 cm³/mol. The van der Waals surface area contributed by atoms with Gasteiger partial charge in [0.1, 0.15) is 11.4 Å². The first kappa shape index (κ1) is 21.3. The Hall–Kier alpha value is -3.95. The second-order valence-electron chi connectivity index (χ2n) is 8.17. The Balaban J connectivity index is 1.54. The van der Waals surface area contributed by atoms with Crippen molar-refractivity contribution in [3.63, 3.8) is 0 Å². The summed E-state index contributed by atoms with van der Waals surface area (Å²) in [7, 11) is 0. The quantitative estimate of drug-likeness (QED) is 0.455. The van der Waals surface area contributed by atoms with Gasteiger partial charge in [0, 0.05) is 42.9 Å². The van der Waals surface area contributed by atoms with E-state index in [-0.39, 0.29) is 17.7 Å². The molecule has 1 fully saturated rings. The molecule has 0 aromatic carbocycles. The Morgan fingerprint density at radius 1 is 1.25 bits per heavy atom. The van der Waals surface area contributed by atoms with Crippen molar-refractivity contribution in [2.45, 2.75) is 33.7 Å². The van der Waals surface area contributed by atoms with Crippen LogP contribution in [-0.4, -0.2) is 55.3 Å². The first-order valence-corrected chi connectivity index (χ1v) is 10.3. The van der Waals surface area contributed by atoms with Crippen molar-refractivity contribution in [1.82, 2.24) is 24.6 Å². The van der Waals surface area contributed by atoms with Crippen LogP contribution in [0.2, 0.25) is 0 Å². The third kappa shape index (κ3) is 3.86. The Morgan fingerprint density at radius 3 is 2.62 bits per heavy atom. The van der Waals surface area contributed by atoms with Gasteiger partial charge in [0.25, 0.3) is 5.91 Å². The number of allylic oxidation sites excluding steroid dienone is 1. The number of fused-ring (bicyclic) bond motifs is 1. The fourth-order valence-corrected chi connectivity index (χ4v) is 3.60. The van der Waals surface area contributed by atoms with Crippen molar-refractivity contribution >= 4 is 34.2 Å². The fraction of sp³-hybridized carbons (Fsp3) is 0.318. The minimum absolute atomic E-state index is 0.0782. The summed E-state index contributed by atoms with van der Waals surface area (Å²) < 4.78 is 1.91. The van der Waals surface area contributed by atoms with E-state index in [0.717, 1.165) is 22.3 Å². The van der Waals surface area contributed by atoms with Gasteiger partial charge in [0.2, 0.25) is 5.91 Å². The molecule has 0 spiro atoms. The summed E-state index contributed by atoms with van der Waals surface area (Å²) in [6.45, 7) is 8.14. The molecule has 32 heavy (non-hydrogen) atoms. The van der Waals surface area contributed by atoms with E-state index in [2.05, 4.69) is 20.4 Å². The number of hydrogen-bond acceptors (Lipinski definition) is 6. The SMILES string of the molecule is CC(=O)N1CC(n2cc(-c3cc4cc(NC(=O)C(=N)/C(C)=C(/C)N)cnc4[nH]3)c(C)n2)C1. The number of hydrogen-bond donors (Lipinski definition) is 4. The highest BCUT2D eigenvalue weighted by Crippen LogP contribution is 2.29. The van der Waals surface area contributed by atoms with Gasteiger partial charge < -0.3 is 20.9 Å². The molecule has 4 rings (SSSR count). The zero-order chi connectivity index (χ0) is 23.2. The maximum absolute atomic E-state index is 12.3. The van der Waals surface area contributed by atoms with E-state index in [1.165, 1.54) is 0 Å². The largest absolute Gasteiger partial charge is 0.402 e. The molecule has 10 nitrogen and oxygen atoms in total. The number of amides is 2. The number of pyridine rings is 1. The fourth-order valence-electron chi connectivity index (χ4n) is 3.60. The molecule has 10 heteroatoms. The van der Waals surface area contributed by atoms with Crippen LogP contribution < -0.4 is 11.1 Å². The standard InChI is InChI=1S/C22H26N8O2/c1-11(12(2)23)20(24)22(32)26-16-5-15-6-19(27-21(15)25-7-16)18-10-30(28-13(18)3)17-8-29(9-17)14(4)31/h5-7,10,17,24H,8-9,23H2,1-4H3,(H,25,27)(H,26,32)/b12-11-,24-20?. The van der Waals surface area contributed by atoms with Crippen molar-refractivity contribution in [3.05, 3.63) is 41.5 Å². The number of aromatic nitrogens is 4. The number of carbonyl (C=O) groups is 2. The van der Waals surface area contributed by atoms with E-state index in [0.29, 0.717) is 35.7 Å². The molecular weight excluding hydrogens is 408 g/mol. The van der Waals surface area contributed by atoms with Gasteiger partial charge in [-0.25, -0.2) is 4.98 Å². The van der Waals surface area contributed by atoms with Gasteiger partial charge in [-0.3, -0.25) is 19.7 Å². The molecule has 3 aromatic heterocycles. The highest BCUT2D eigenvalue weighted by molar-refractivity contribution is 6.47. The Morgan fingerprint density at radius 2 is 1.97 bits per heavy atom. The number of rotatable bonds is 5. The van der Waals surface area contributed by atoms with Crippen LogP contribution in [0.3, 0.4) is 0 Å². The lowest BCUT2D eigenvalue weighted by Crippen LogP contribution is -2.50. The van der Waals surface area contributed by atoms with Crippen LogP contribution in [0.25, 0.3) is 22.3 Å². The number of aromatic amines is 1. The Kier molecular flexibility index (Phi) is 5.29. The number of likely N-dealkylation sites (tertiary alicyclic amines) is 1. The number of H-pyrrole nitrogens is 1. The average molecular weight is 435 g/mol. The van der Waals surface area contributed by atoms with E-state index in [9.17, 15) is 9.59 Å². The summed E-state index contributed by atoms with van der Waals surface area (Å²) in [5.41, 5.74) is 10.2. The second-order valence-corrected chi connectivity index (χ2v) is 8.17. The predicted octanol–water partition coefficient (Wildman–Crippen LogP) is 2.35. The van der Waals surface area contributed by atoms with E-state index < -0.39 is 5.91 Å². The van der Waals surface area contributed by atoms with Crippen molar-refractivity contribution in [2.75, 3.05) is 18.4 Å². The first-order chi connectivity index (χ1) is 15.1. The maximum Gasteiger partial charge on any atom is 0.273 e. The highest BCUT2D eigenvalue weighted by Gasteiger charge is 2.31. The molecule has 1 aliphatic rings. The van der Waals surface area contributed by atoms with Gasteiger partial charge >= 0.3 is 0 Å². The van der Waals surface area contributed by atoms with Crippen LogP contribution in [0.5, 0.6) is 0 Å². The smallest absolute Gasteiger partial charge is 0.273 e. The number of aryl methyl sites for hydroxylation is 1. The lowest BCUT2D eigenvalue weighted by atomic mass is 10.1. The van der Waals surface area contributed by atoms with Crippen molar-refractivity contribution in [1.29, 1.82) is 5.41 Å². The summed E-state index contributed by atoms with van der Waals surface area (Å²) >= 11 is 0. The lowest BCUT2D eigenvalue weighted by molar-refractivity contribution is -0.134. The minimum Gasteiger partial charge on any atom is -0.402 e. The van der Waals surface area contributed by atoms with Crippen LogP contribution in [0.4, 0.5) is 5.69 Å². The highest BCUT2D eigenvalue weighted by atomic mass is 16.2. The normalized spacial score (nSPS) is 14.8. The van der Waals surface area contributed by atoms with Gasteiger partial charge in [-0.15, -0.1) is 0 Å². The summed E-state index contributed by atoms with van der Waals surface area (Å²) in [6, 6.07) is 3.94. The molecule has 0 bridgehead atoms. The van der Waals surface area contributed by atoms with Crippen LogP contribution in [0.15, 0.2) is 35.8 Å². The third-order valence-electron chi connectivity index (χ3n) is 5.81. The molecular formula is C22H26N8O2. The molecule has 5 N–H and O–H groups in total. The molecule has 1 saturated heterocycles. The van der Waals surface area contributed by atoms with Crippen LogP contribution in [0.1, 0.15) is 32.5 Å². The van der Waals surface area contributed by atoms with Crippen molar-refractivity contribution in [2.24, 2.45) is 5.73 Å². The van der Waals surface area contributed by atoms with Crippen molar-refractivity contribution < 1.29 is 9.59 Å². The summed E-state index contributed by atoms with van der Waals surface area (Å²) in [5.74, 6) is -0.462. The molecule has 0 unspecified atom stereocenters. The number of carbonyl (C=O) groups excluding carboxylic acids is 2. The summed E-state index contributed by atoms with van der Waals surface area (Å²) in [6.07, 6.45) is 3.53. The van der Waals surface area contributed by atoms with E-state index in [1.54, 1.807) is 37.9 Å². The molecule has 166 valence electrons. The number of anilines is 1. The third-order valence-corrected chi connectivity index (χ3v) is 5.81. The molecule has 0 aliphatic carbocycles. The van der Waals surface area contributed by atoms with Crippen LogP contribution in [-0.2, 0) is 9.59 Å². The summed E-state index contributed by atoms with van der Waals surface area (Å²) in [5, 5.41) is 16.1. The average Bonchev–Trinajstić information content (AvgIpc) is 3.27. The van der Waals surface area contributed by atoms with E-state index in [1.807, 2.05) is 23.9 Å². The zero-order valence-corrected chi connectivity index (χ0v) is 18.5. The number of nitrogens with one attached hydrogen (secondary N) is 3. The molecule has 0 atom stereocenters. The van der Waals surface area contributed by atoms with Gasteiger partial charge in [-0.2, -0.15) is 5.10 Å². The topological polar surface area (TPSA) is 146 Å². The van der Waals surface area contributed by atoms with Crippen LogP contribution in [0, 0.1) is 12.3 Å². The molecule has 2 amide bonds. The van der Waals surface area contributed by atoms with E-state index >= 15 is 0 Å². The summed E-state index contributed by atoms with van der Waals surface area (Å²) in [4.78, 5) is 33.2. The van der Waals surface area contributed by atoms with Gasteiger partial charge in [-0.05, 0) is 38.5 Å². The van der Waals surface area contributed by atoms with Crippen LogP contribution >= 0.6 is 0 Å². The van der Waals surface area contributed by atoms with Gasteiger partial charge in [0.05, 0.1) is 29.3 Å². The lowest BCUT2D eigenvalue weighted by Gasteiger charge is -2.38. The molecule has 0 radical (unpaired) electrons. The zero-order valence-electron chi connectivity index (χ0n) is 18.5. The van der Waals surface area contributed by atoms with Gasteiger partial charge in [-0.1, -0.05) is 0 Å². The minimum atomic E-state index is -0.540. The van der Waals surface area contributed by atoms with Gasteiger partial charge in [0.15, 0.2) is 0 Å². The Labute approximate surface area is 185 Å². The second kappa shape index (κ2) is 7.95.